The van der Waals surface area contributed by atoms with Crippen LogP contribution in [0.15, 0.2) is 17.4 Å². The van der Waals surface area contributed by atoms with Gasteiger partial charge in [0, 0.05) is 25.1 Å². The van der Waals surface area contributed by atoms with Crippen molar-refractivity contribution in [2.75, 3.05) is 26.6 Å². The van der Waals surface area contributed by atoms with Gasteiger partial charge in [-0.05, 0) is 0 Å². The summed E-state index contributed by atoms with van der Waals surface area (Å²) in [5.74, 6) is 1.44. The van der Waals surface area contributed by atoms with E-state index < -0.39 is 0 Å². The molecule has 1 aromatic heterocycles. The van der Waals surface area contributed by atoms with Gasteiger partial charge in [0.15, 0.2) is 5.16 Å². The third kappa shape index (κ3) is 3.61. The largest absolute Gasteiger partial charge is 0.481 e. The van der Waals surface area contributed by atoms with Gasteiger partial charge in [0.25, 0.3) is 0 Å². The molecule has 0 aliphatic carbocycles. The highest BCUT2D eigenvalue weighted by molar-refractivity contribution is 7.99. The van der Waals surface area contributed by atoms with Crippen molar-refractivity contribution in [3.8, 4) is 5.88 Å². The number of rotatable bonds is 5. The summed E-state index contributed by atoms with van der Waals surface area (Å²) >= 11 is 1.55. The summed E-state index contributed by atoms with van der Waals surface area (Å²) in [6.07, 6.45) is 1.68. The Hall–Kier alpha value is -0.810. The van der Waals surface area contributed by atoms with Crippen LogP contribution in [0.2, 0.25) is 0 Å². The first kappa shape index (κ1) is 10.3. The monoisotopic (exact) mass is 200 g/mol. The molecule has 0 fully saturated rings. The Balaban J connectivity index is 2.46. The van der Waals surface area contributed by atoms with E-state index >= 15 is 0 Å². The fourth-order valence-corrected chi connectivity index (χ4v) is 1.45. The van der Waals surface area contributed by atoms with Crippen molar-refractivity contribution in [1.82, 2.24) is 9.97 Å². The van der Waals surface area contributed by atoms with Crippen molar-refractivity contribution in [2.24, 2.45) is 0 Å². The second-order valence-electron chi connectivity index (χ2n) is 2.22. The van der Waals surface area contributed by atoms with E-state index in [0.717, 1.165) is 10.9 Å². The van der Waals surface area contributed by atoms with E-state index in [1.807, 2.05) is 0 Å². The van der Waals surface area contributed by atoms with E-state index in [9.17, 15) is 0 Å². The van der Waals surface area contributed by atoms with Crippen molar-refractivity contribution < 1.29 is 9.47 Å². The highest BCUT2D eigenvalue weighted by Gasteiger charge is 1.98. The topological polar surface area (TPSA) is 44.2 Å². The Labute approximate surface area is 81.7 Å². The summed E-state index contributed by atoms with van der Waals surface area (Å²) < 4.78 is 9.88. The Morgan fingerprint density at radius 1 is 1.46 bits per heavy atom. The van der Waals surface area contributed by atoms with Gasteiger partial charge in [0.05, 0.1) is 13.7 Å². The summed E-state index contributed by atoms with van der Waals surface area (Å²) in [6, 6.07) is 1.72. The standard InChI is InChI=1S/C8H12N2O2S/c1-11-5-6-13-8-9-4-3-7(10-8)12-2/h3-4H,5-6H2,1-2H3. The predicted octanol–water partition coefficient (Wildman–Crippen LogP) is 1.22. The second-order valence-corrected chi connectivity index (χ2v) is 3.28. The SMILES string of the molecule is COCCSc1nccc(OC)n1. The lowest BCUT2D eigenvalue weighted by Gasteiger charge is -2.01. The molecule has 0 aromatic carbocycles. The van der Waals surface area contributed by atoms with Gasteiger partial charge in [-0.1, -0.05) is 11.8 Å². The zero-order chi connectivity index (χ0) is 9.52. The van der Waals surface area contributed by atoms with E-state index in [2.05, 4.69) is 9.97 Å². The Bertz CT molecular complexity index is 258. The van der Waals surface area contributed by atoms with Gasteiger partial charge >= 0.3 is 0 Å². The quantitative estimate of drug-likeness (QED) is 0.406. The lowest BCUT2D eigenvalue weighted by atomic mass is 10.6. The van der Waals surface area contributed by atoms with Crippen LogP contribution in [0.5, 0.6) is 5.88 Å². The molecule has 4 nitrogen and oxygen atoms in total. The fraction of sp³-hybridized carbons (Fsp3) is 0.500. The normalized spacial score (nSPS) is 10.0. The first-order valence-corrected chi connectivity index (χ1v) is 4.84. The van der Waals surface area contributed by atoms with E-state index in [1.165, 1.54) is 0 Å². The van der Waals surface area contributed by atoms with Crippen molar-refractivity contribution in [2.45, 2.75) is 5.16 Å². The molecule has 0 N–H and O–H groups in total. The number of aromatic nitrogens is 2. The van der Waals surface area contributed by atoms with Gasteiger partial charge in [0.1, 0.15) is 0 Å². The number of methoxy groups -OCH3 is 2. The minimum Gasteiger partial charge on any atom is -0.481 e. The van der Waals surface area contributed by atoms with Crippen molar-refractivity contribution >= 4 is 11.8 Å². The summed E-state index contributed by atoms with van der Waals surface area (Å²) in [5.41, 5.74) is 0. The predicted molar refractivity (Wildman–Crippen MR) is 51.2 cm³/mol. The third-order valence-electron chi connectivity index (χ3n) is 1.34. The van der Waals surface area contributed by atoms with Crippen LogP contribution in [0.25, 0.3) is 0 Å². The van der Waals surface area contributed by atoms with Gasteiger partial charge in [-0.25, -0.2) is 4.98 Å². The highest BCUT2D eigenvalue weighted by Crippen LogP contribution is 2.14. The van der Waals surface area contributed by atoms with Crippen LogP contribution in [0, 0.1) is 0 Å². The molecule has 0 aliphatic heterocycles. The van der Waals surface area contributed by atoms with Gasteiger partial charge in [0.2, 0.25) is 5.88 Å². The van der Waals surface area contributed by atoms with Crippen molar-refractivity contribution in [1.29, 1.82) is 0 Å². The van der Waals surface area contributed by atoms with Crippen LogP contribution in [0.3, 0.4) is 0 Å². The molecule has 13 heavy (non-hydrogen) atoms. The van der Waals surface area contributed by atoms with E-state index in [4.69, 9.17) is 9.47 Å². The van der Waals surface area contributed by atoms with Crippen LogP contribution < -0.4 is 4.74 Å². The first-order chi connectivity index (χ1) is 6.36. The molecule has 0 bridgehead atoms. The first-order valence-electron chi connectivity index (χ1n) is 3.85. The average molecular weight is 200 g/mol. The number of hydrogen-bond acceptors (Lipinski definition) is 5. The maximum atomic E-state index is 4.97. The van der Waals surface area contributed by atoms with E-state index in [1.54, 1.807) is 38.2 Å². The summed E-state index contributed by atoms with van der Waals surface area (Å²) in [7, 11) is 3.26. The van der Waals surface area contributed by atoms with E-state index in [0.29, 0.717) is 12.5 Å². The number of thioether (sulfide) groups is 1. The van der Waals surface area contributed by atoms with Crippen LogP contribution >= 0.6 is 11.8 Å². The molecular weight excluding hydrogens is 188 g/mol. The minimum absolute atomic E-state index is 0.593. The molecule has 0 amide bonds. The van der Waals surface area contributed by atoms with E-state index in [-0.39, 0.29) is 0 Å². The minimum atomic E-state index is 0.593. The smallest absolute Gasteiger partial charge is 0.216 e. The second kappa shape index (κ2) is 5.77. The highest BCUT2D eigenvalue weighted by atomic mass is 32.2. The molecule has 5 heteroatoms. The summed E-state index contributed by atoms with van der Waals surface area (Å²) in [4.78, 5) is 8.21. The van der Waals surface area contributed by atoms with Gasteiger partial charge < -0.3 is 9.47 Å². The van der Waals surface area contributed by atoms with Crippen molar-refractivity contribution in [3.05, 3.63) is 12.3 Å². The molecule has 1 aromatic rings. The molecule has 0 saturated carbocycles. The maximum Gasteiger partial charge on any atom is 0.216 e. The zero-order valence-electron chi connectivity index (χ0n) is 7.69. The van der Waals surface area contributed by atoms with Crippen LogP contribution in [-0.2, 0) is 4.74 Å². The molecule has 0 radical (unpaired) electrons. The summed E-state index contributed by atoms with van der Waals surface area (Å²) in [5, 5.41) is 0.719. The summed E-state index contributed by atoms with van der Waals surface area (Å²) in [6.45, 7) is 0.700. The van der Waals surface area contributed by atoms with Crippen LogP contribution in [0.1, 0.15) is 0 Å². The Morgan fingerprint density at radius 3 is 3.00 bits per heavy atom. The average Bonchev–Trinajstić information content (AvgIpc) is 2.19. The number of nitrogens with zero attached hydrogens (tertiary/aromatic N) is 2. The lowest BCUT2D eigenvalue weighted by Crippen LogP contribution is -1.95. The maximum absolute atomic E-state index is 4.97. The molecular formula is C8H12N2O2S. The molecule has 0 unspecified atom stereocenters. The Kier molecular flexibility index (Phi) is 4.56. The molecule has 1 heterocycles. The third-order valence-corrected chi connectivity index (χ3v) is 2.16. The fourth-order valence-electron chi connectivity index (χ4n) is 0.725. The molecule has 0 aliphatic rings. The van der Waals surface area contributed by atoms with Gasteiger partial charge in [-0.2, -0.15) is 4.98 Å². The number of hydrogen-bond donors (Lipinski definition) is 0. The van der Waals surface area contributed by atoms with Crippen LogP contribution in [-0.4, -0.2) is 36.5 Å². The van der Waals surface area contributed by atoms with Crippen molar-refractivity contribution in [3.63, 3.8) is 0 Å². The molecule has 0 saturated heterocycles. The molecule has 0 spiro atoms. The molecule has 72 valence electrons. The zero-order valence-corrected chi connectivity index (χ0v) is 8.50. The Morgan fingerprint density at radius 2 is 2.31 bits per heavy atom. The molecule has 1 rings (SSSR count). The van der Waals surface area contributed by atoms with Gasteiger partial charge in [-0.3, -0.25) is 0 Å². The lowest BCUT2D eigenvalue weighted by molar-refractivity contribution is 0.218. The van der Waals surface area contributed by atoms with Crippen LogP contribution in [0.4, 0.5) is 0 Å². The molecule has 0 atom stereocenters. The van der Waals surface area contributed by atoms with Gasteiger partial charge in [-0.15, -0.1) is 0 Å². The number of ether oxygens (including phenoxy) is 2.